The summed E-state index contributed by atoms with van der Waals surface area (Å²) in [6, 6.07) is 4.83. The Morgan fingerprint density at radius 3 is 2.75 bits per heavy atom. The van der Waals surface area contributed by atoms with Gasteiger partial charge in [-0.3, -0.25) is 0 Å². The second-order valence-corrected chi connectivity index (χ2v) is 7.25. The van der Waals surface area contributed by atoms with Crippen LogP contribution in [0.15, 0.2) is 23.1 Å². The van der Waals surface area contributed by atoms with Crippen molar-refractivity contribution >= 4 is 32.6 Å². The Balaban J connectivity index is 2.21. The highest BCUT2D eigenvalue weighted by molar-refractivity contribution is 7.89. The first-order chi connectivity index (χ1) is 11.4. The molecule has 0 bridgehead atoms. The average Bonchev–Trinajstić information content (AvgIpc) is 2.95. The van der Waals surface area contributed by atoms with Crippen LogP contribution in [-0.2, 0) is 19.5 Å². The van der Waals surface area contributed by atoms with E-state index in [0.717, 1.165) is 0 Å². The van der Waals surface area contributed by atoms with Crippen LogP contribution < -0.4 is 5.73 Å². The lowest BCUT2D eigenvalue weighted by Gasteiger charge is -2.26. The van der Waals surface area contributed by atoms with Crippen molar-refractivity contribution in [2.45, 2.75) is 11.8 Å². The van der Waals surface area contributed by atoms with E-state index in [1.54, 1.807) is 25.1 Å². The molecule has 0 atom stereocenters. The molecule has 8 nitrogen and oxygen atoms in total. The van der Waals surface area contributed by atoms with Crippen LogP contribution in [0.4, 0.5) is 5.69 Å². The van der Waals surface area contributed by atoms with Crippen LogP contribution in [0.5, 0.6) is 0 Å². The topological polar surface area (TPSA) is 115 Å². The van der Waals surface area contributed by atoms with Crippen molar-refractivity contribution in [3.05, 3.63) is 23.9 Å². The van der Waals surface area contributed by atoms with E-state index in [9.17, 15) is 13.2 Å². The van der Waals surface area contributed by atoms with E-state index in [-0.39, 0.29) is 30.3 Å². The standard InChI is InChI=1S/C15H19N3O5S/c1-2-23-15(19)13-14(11-9-10(16)3-4-12(11)17-13)24(20,21)18-5-7-22-8-6-18/h3-4,9,17H,2,5-8,16H2,1H3. The number of morpholine rings is 1. The van der Waals surface area contributed by atoms with Gasteiger partial charge < -0.3 is 20.2 Å². The Hall–Kier alpha value is -2.10. The van der Waals surface area contributed by atoms with Crippen LogP contribution in [0.25, 0.3) is 10.9 Å². The molecule has 24 heavy (non-hydrogen) atoms. The number of aromatic amines is 1. The van der Waals surface area contributed by atoms with Gasteiger partial charge in [0.25, 0.3) is 0 Å². The highest BCUT2D eigenvalue weighted by Crippen LogP contribution is 2.31. The number of aromatic nitrogens is 1. The zero-order chi connectivity index (χ0) is 17.3. The predicted octanol–water partition coefficient (Wildman–Crippen LogP) is 0.948. The second kappa shape index (κ2) is 6.42. The molecular weight excluding hydrogens is 334 g/mol. The van der Waals surface area contributed by atoms with Crippen molar-refractivity contribution in [1.82, 2.24) is 9.29 Å². The number of nitrogens with one attached hydrogen (secondary N) is 1. The van der Waals surface area contributed by atoms with Crippen LogP contribution in [0.1, 0.15) is 17.4 Å². The molecule has 9 heteroatoms. The van der Waals surface area contributed by atoms with Crippen LogP contribution in [0.2, 0.25) is 0 Å². The molecule has 2 heterocycles. The zero-order valence-corrected chi connectivity index (χ0v) is 14.1. The number of esters is 1. The van der Waals surface area contributed by atoms with Gasteiger partial charge in [0.1, 0.15) is 10.6 Å². The summed E-state index contributed by atoms with van der Waals surface area (Å²) in [6.45, 7) is 2.91. The van der Waals surface area contributed by atoms with Gasteiger partial charge in [-0.15, -0.1) is 0 Å². The fourth-order valence-electron chi connectivity index (χ4n) is 2.72. The van der Waals surface area contributed by atoms with Gasteiger partial charge in [0.15, 0.2) is 0 Å². The molecule has 0 unspecified atom stereocenters. The van der Waals surface area contributed by atoms with E-state index < -0.39 is 16.0 Å². The summed E-state index contributed by atoms with van der Waals surface area (Å²) < 4.78 is 37.7. The maximum atomic E-state index is 13.1. The van der Waals surface area contributed by atoms with Crippen molar-refractivity contribution in [2.24, 2.45) is 0 Å². The van der Waals surface area contributed by atoms with Crippen molar-refractivity contribution < 1.29 is 22.7 Å². The highest BCUT2D eigenvalue weighted by atomic mass is 32.2. The number of carbonyl (C=O) groups excluding carboxylic acids is 1. The summed E-state index contributed by atoms with van der Waals surface area (Å²) in [5.41, 5.74) is 6.65. The number of rotatable bonds is 4. The molecule has 0 saturated carbocycles. The first-order valence-corrected chi connectivity index (χ1v) is 9.05. The SMILES string of the molecule is CCOC(=O)c1[nH]c2ccc(N)cc2c1S(=O)(=O)N1CCOCC1. The van der Waals surface area contributed by atoms with E-state index in [4.69, 9.17) is 15.2 Å². The molecule has 0 spiro atoms. The first kappa shape index (κ1) is 16.7. The lowest BCUT2D eigenvalue weighted by Crippen LogP contribution is -2.41. The minimum atomic E-state index is -3.89. The van der Waals surface area contributed by atoms with Crippen LogP contribution in [0, 0.1) is 0 Å². The van der Waals surface area contributed by atoms with Gasteiger partial charge in [0, 0.05) is 29.7 Å². The molecule has 1 aliphatic rings. The summed E-state index contributed by atoms with van der Waals surface area (Å²) in [5.74, 6) is -0.709. The van der Waals surface area contributed by atoms with E-state index >= 15 is 0 Å². The number of nitrogens with zero attached hydrogens (tertiary/aromatic N) is 1. The van der Waals surface area contributed by atoms with Crippen LogP contribution in [-0.4, -0.2) is 56.6 Å². The van der Waals surface area contributed by atoms with Gasteiger partial charge >= 0.3 is 5.97 Å². The number of anilines is 1. The number of nitrogens with two attached hydrogens (primary N) is 1. The Morgan fingerprint density at radius 1 is 1.38 bits per heavy atom. The van der Waals surface area contributed by atoms with Gasteiger partial charge in [0.2, 0.25) is 10.0 Å². The summed E-state index contributed by atoms with van der Waals surface area (Å²) in [7, 11) is -3.89. The Kier molecular flexibility index (Phi) is 4.48. The number of nitrogen functional groups attached to an aromatic ring is 1. The van der Waals surface area contributed by atoms with Gasteiger partial charge in [-0.2, -0.15) is 4.31 Å². The van der Waals surface area contributed by atoms with Gasteiger partial charge in [0.05, 0.1) is 19.8 Å². The molecule has 0 amide bonds. The van der Waals surface area contributed by atoms with E-state index in [1.165, 1.54) is 4.31 Å². The Labute approximate surface area is 139 Å². The zero-order valence-electron chi connectivity index (χ0n) is 13.2. The fourth-order valence-corrected chi connectivity index (χ4v) is 4.44. The molecule has 0 aliphatic carbocycles. The number of ether oxygens (including phenoxy) is 2. The number of carbonyl (C=O) groups is 1. The average molecular weight is 353 g/mol. The van der Waals surface area contributed by atoms with E-state index in [2.05, 4.69) is 4.98 Å². The van der Waals surface area contributed by atoms with E-state index in [0.29, 0.717) is 29.8 Å². The summed E-state index contributed by atoms with van der Waals surface area (Å²) >= 11 is 0. The number of sulfonamides is 1. The largest absolute Gasteiger partial charge is 0.461 e. The van der Waals surface area contributed by atoms with Gasteiger partial charge in [-0.1, -0.05) is 0 Å². The smallest absolute Gasteiger partial charge is 0.356 e. The van der Waals surface area contributed by atoms with Crippen molar-refractivity contribution in [3.8, 4) is 0 Å². The second-order valence-electron chi connectivity index (χ2n) is 5.37. The quantitative estimate of drug-likeness (QED) is 0.625. The van der Waals surface area contributed by atoms with Crippen molar-refractivity contribution in [1.29, 1.82) is 0 Å². The molecule has 1 aromatic heterocycles. The van der Waals surface area contributed by atoms with Crippen molar-refractivity contribution in [3.63, 3.8) is 0 Å². The summed E-state index contributed by atoms with van der Waals surface area (Å²) in [5, 5.41) is 0.379. The fraction of sp³-hybridized carbons (Fsp3) is 0.400. The third-order valence-corrected chi connectivity index (χ3v) is 5.81. The molecule has 2 aromatic rings. The summed E-state index contributed by atoms with van der Waals surface area (Å²) in [4.78, 5) is 15.0. The minimum absolute atomic E-state index is 0.0797. The summed E-state index contributed by atoms with van der Waals surface area (Å²) in [6.07, 6.45) is 0. The number of fused-ring (bicyclic) bond motifs is 1. The molecule has 0 radical (unpaired) electrons. The number of hydrogen-bond acceptors (Lipinski definition) is 6. The van der Waals surface area contributed by atoms with Crippen LogP contribution >= 0.6 is 0 Å². The molecule has 130 valence electrons. The number of hydrogen-bond donors (Lipinski definition) is 2. The monoisotopic (exact) mass is 353 g/mol. The lowest BCUT2D eigenvalue weighted by molar-refractivity contribution is 0.0515. The maximum Gasteiger partial charge on any atom is 0.356 e. The normalized spacial score (nSPS) is 16.4. The highest BCUT2D eigenvalue weighted by Gasteiger charge is 2.34. The van der Waals surface area contributed by atoms with Crippen molar-refractivity contribution in [2.75, 3.05) is 38.6 Å². The molecule has 1 aromatic carbocycles. The molecule has 3 rings (SSSR count). The van der Waals surface area contributed by atoms with Gasteiger partial charge in [-0.05, 0) is 25.1 Å². The lowest BCUT2D eigenvalue weighted by atomic mass is 10.2. The Bertz CT molecular complexity index is 869. The molecule has 1 fully saturated rings. The third kappa shape index (κ3) is 2.85. The number of benzene rings is 1. The maximum absolute atomic E-state index is 13.1. The molecular formula is C15H19N3O5S. The van der Waals surface area contributed by atoms with E-state index in [1.807, 2.05) is 0 Å². The van der Waals surface area contributed by atoms with Crippen LogP contribution in [0.3, 0.4) is 0 Å². The molecule has 1 saturated heterocycles. The number of H-pyrrole nitrogens is 1. The third-order valence-electron chi connectivity index (χ3n) is 3.82. The van der Waals surface area contributed by atoms with Gasteiger partial charge in [-0.25, -0.2) is 13.2 Å². The predicted molar refractivity (Wildman–Crippen MR) is 88.2 cm³/mol. The molecule has 1 aliphatic heterocycles. The minimum Gasteiger partial charge on any atom is -0.461 e. The Morgan fingerprint density at radius 2 is 2.08 bits per heavy atom. The molecule has 3 N–H and O–H groups in total. The first-order valence-electron chi connectivity index (χ1n) is 7.61.